The molecule has 18 heavy (non-hydrogen) atoms. The number of hydrogen-bond donors (Lipinski definition) is 1. The summed E-state index contributed by atoms with van der Waals surface area (Å²) in [6.07, 6.45) is 5.78. The van der Waals surface area contributed by atoms with Crippen molar-refractivity contribution in [1.82, 2.24) is 5.32 Å². The maximum atomic E-state index is 3.73. The molecule has 1 aromatic heterocycles. The fourth-order valence-corrected chi connectivity index (χ4v) is 4.64. The third-order valence-electron chi connectivity index (χ3n) is 4.64. The monoisotopic (exact) mass is 263 g/mol. The van der Waals surface area contributed by atoms with Crippen LogP contribution in [0.1, 0.15) is 38.0 Å². The fourth-order valence-electron chi connectivity index (χ4n) is 3.77. The van der Waals surface area contributed by atoms with Crippen molar-refractivity contribution >= 4 is 11.3 Å². The highest BCUT2D eigenvalue weighted by atomic mass is 32.1. The lowest BCUT2D eigenvalue weighted by molar-refractivity contribution is 0.246. The first-order chi connectivity index (χ1) is 8.67. The number of rotatable bonds is 6. The summed E-state index contributed by atoms with van der Waals surface area (Å²) in [7, 11) is 0. The molecule has 2 aliphatic carbocycles. The molecule has 0 amide bonds. The standard InChI is InChI=1S/C16H25NS/c1-12(2)10-17-11-16(7-13-6-14(13)8-16)9-15-4-3-5-18-15/h3-5,12-14,17H,6-11H2,1-2H3. The Morgan fingerprint density at radius 2 is 2.17 bits per heavy atom. The molecule has 100 valence electrons. The van der Waals surface area contributed by atoms with E-state index in [0.717, 1.165) is 17.8 Å². The Labute approximate surface area is 115 Å². The Morgan fingerprint density at radius 1 is 1.39 bits per heavy atom. The van der Waals surface area contributed by atoms with Gasteiger partial charge < -0.3 is 5.32 Å². The van der Waals surface area contributed by atoms with Gasteiger partial charge in [0.25, 0.3) is 0 Å². The molecule has 1 N–H and O–H groups in total. The molecule has 0 bridgehead atoms. The maximum absolute atomic E-state index is 3.73. The average molecular weight is 263 g/mol. The molecular formula is C16H25NS. The summed E-state index contributed by atoms with van der Waals surface area (Å²) < 4.78 is 0. The molecule has 2 fully saturated rings. The van der Waals surface area contributed by atoms with Gasteiger partial charge in [-0.2, -0.15) is 0 Å². The Kier molecular flexibility index (Phi) is 3.50. The molecule has 3 rings (SSSR count). The third kappa shape index (κ3) is 2.80. The van der Waals surface area contributed by atoms with Crippen molar-refractivity contribution in [2.45, 2.75) is 39.5 Å². The van der Waals surface area contributed by atoms with Gasteiger partial charge in [-0.05, 0) is 66.8 Å². The lowest BCUT2D eigenvalue weighted by Gasteiger charge is -2.31. The molecular weight excluding hydrogens is 238 g/mol. The lowest BCUT2D eigenvalue weighted by Crippen LogP contribution is -2.36. The minimum absolute atomic E-state index is 0.577. The summed E-state index contributed by atoms with van der Waals surface area (Å²) in [5.74, 6) is 2.91. The summed E-state index contributed by atoms with van der Waals surface area (Å²) in [4.78, 5) is 1.59. The molecule has 1 nitrogen and oxygen atoms in total. The quantitative estimate of drug-likeness (QED) is 0.819. The van der Waals surface area contributed by atoms with E-state index in [4.69, 9.17) is 0 Å². The van der Waals surface area contributed by atoms with Gasteiger partial charge in [0.05, 0.1) is 0 Å². The molecule has 2 aliphatic rings. The van der Waals surface area contributed by atoms with Crippen LogP contribution >= 0.6 is 11.3 Å². The van der Waals surface area contributed by atoms with Crippen LogP contribution in [0.15, 0.2) is 17.5 Å². The second-order valence-corrected chi connectivity index (χ2v) is 7.98. The van der Waals surface area contributed by atoms with Crippen LogP contribution in [0.4, 0.5) is 0 Å². The largest absolute Gasteiger partial charge is 0.316 e. The van der Waals surface area contributed by atoms with Gasteiger partial charge >= 0.3 is 0 Å². The first-order valence-corrected chi connectivity index (χ1v) is 8.28. The number of fused-ring (bicyclic) bond motifs is 1. The average Bonchev–Trinajstić information content (AvgIpc) is 2.76. The van der Waals surface area contributed by atoms with Crippen molar-refractivity contribution in [3.05, 3.63) is 22.4 Å². The molecule has 0 saturated heterocycles. The molecule has 0 radical (unpaired) electrons. The van der Waals surface area contributed by atoms with Gasteiger partial charge in [0.1, 0.15) is 0 Å². The second kappa shape index (κ2) is 4.97. The van der Waals surface area contributed by atoms with Gasteiger partial charge in [-0.3, -0.25) is 0 Å². The normalized spacial score (nSPS) is 33.9. The first-order valence-electron chi connectivity index (χ1n) is 7.40. The highest BCUT2D eigenvalue weighted by molar-refractivity contribution is 7.09. The summed E-state index contributed by atoms with van der Waals surface area (Å²) in [5, 5.41) is 5.95. The highest BCUT2D eigenvalue weighted by Crippen LogP contribution is 2.60. The fraction of sp³-hybridized carbons (Fsp3) is 0.750. The van der Waals surface area contributed by atoms with Crippen LogP contribution in [0, 0.1) is 23.2 Å². The predicted octanol–water partition coefficient (Wildman–Crippen LogP) is 3.95. The Morgan fingerprint density at radius 3 is 2.78 bits per heavy atom. The van der Waals surface area contributed by atoms with Gasteiger partial charge in [0.15, 0.2) is 0 Å². The van der Waals surface area contributed by atoms with E-state index < -0.39 is 0 Å². The zero-order chi connectivity index (χ0) is 12.6. The highest BCUT2D eigenvalue weighted by Gasteiger charge is 2.53. The summed E-state index contributed by atoms with van der Waals surface area (Å²) in [6.45, 7) is 6.99. The number of thiophene rings is 1. The van der Waals surface area contributed by atoms with Gasteiger partial charge in [0, 0.05) is 11.4 Å². The van der Waals surface area contributed by atoms with Crippen LogP contribution < -0.4 is 5.32 Å². The zero-order valence-electron chi connectivity index (χ0n) is 11.6. The molecule has 1 heterocycles. The molecule has 0 spiro atoms. The minimum atomic E-state index is 0.577. The van der Waals surface area contributed by atoms with E-state index in [9.17, 15) is 0 Å². The van der Waals surface area contributed by atoms with Crippen molar-refractivity contribution in [2.75, 3.05) is 13.1 Å². The van der Waals surface area contributed by atoms with E-state index >= 15 is 0 Å². The molecule has 0 aromatic carbocycles. The Balaban J connectivity index is 1.61. The van der Waals surface area contributed by atoms with Crippen LogP contribution in [-0.2, 0) is 6.42 Å². The van der Waals surface area contributed by atoms with Crippen LogP contribution in [0.25, 0.3) is 0 Å². The van der Waals surface area contributed by atoms with Crippen molar-refractivity contribution in [3.63, 3.8) is 0 Å². The van der Waals surface area contributed by atoms with E-state index in [1.807, 2.05) is 11.3 Å². The van der Waals surface area contributed by atoms with Crippen LogP contribution in [0.3, 0.4) is 0 Å². The Bertz CT molecular complexity index is 372. The van der Waals surface area contributed by atoms with Crippen molar-refractivity contribution in [3.8, 4) is 0 Å². The summed E-state index contributed by atoms with van der Waals surface area (Å²) >= 11 is 1.94. The zero-order valence-corrected chi connectivity index (χ0v) is 12.4. The smallest absolute Gasteiger partial charge is 0.00512 e. The molecule has 2 saturated carbocycles. The molecule has 2 heteroatoms. The predicted molar refractivity (Wildman–Crippen MR) is 79.0 cm³/mol. The van der Waals surface area contributed by atoms with Gasteiger partial charge in [0.2, 0.25) is 0 Å². The van der Waals surface area contributed by atoms with Crippen LogP contribution in [0.5, 0.6) is 0 Å². The maximum Gasteiger partial charge on any atom is 0.00512 e. The lowest BCUT2D eigenvalue weighted by atomic mass is 9.79. The van der Waals surface area contributed by atoms with Gasteiger partial charge in [-0.25, -0.2) is 0 Å². The molecule has 2 unspecified atom stereocenters. The Hall–Kier alpha value is -0.340. The SMILES string of the molecule is CC(C)CNCC1(Cc2cccs2)CC2CC2C1. The van der Waals surface area contributed by atoms with E-state index in [2.05, 4.69) is 36.7 Å². The van der Waals surface area contributed by atoms with E-state index in [1.54, 1.807) is 4.88 Å². The molecule has 0 aliphatic heterocycles. The van der Waals surface area contributed by atoms with Crippen molar-refractivity contribution in [2.24, 2.45) is 23.2 Å². The third-order valence-corrected chi connectivity index (χ3v) is 5.52. The van der Waals surface area contributed by atoms with E-state index in [1.165, 1.54) is 38.8 Å². The van der Waals surface area contributed by atoms with Crippen molar-refractivity contribution in [1.29, 1.82) is 0 Å². The second-order valence-electron chi connectivity index (χ2n) is 6.94. The van der Waals surface area contributed by atoms with Gasteiger partial charge in [-0.1, -0.05) is 19.9 Å². The number of nitrogens with one attached hydrogen (secondary N) is 1. The first kappa shape index (κ1) is 12.7. The van der Waals surface area contributed by atoms with E-state index in [-0.39, 0.29) is 0 Å². The minimum Gasteiger partial charge on any atom is -0.316 e. The van der Waals surface area contributed by atoms with Gasteiger partial charge in [-0.15, -0.1) is 11.3 Å². The van der Waals surface area contributed by atoms with Crippen molar-refractivity contribution < 1.29 is 0 Å². The number of hydrogen-bond acceptors (Lipinski definition) is 2. The molecule has 1 aromatic rings. The van der Waals surface area contributed by atoms with Crippen LogP contribution in [-0.4, -0.2) is 13.1 Å². The van der Waals surface area contributed by atoms with Crippen LogP contribution in [0.2, 0.25) is 0 Å². The summed E-state index contributed by atoms with van der Waals surface area (Å²) in [6, 6.07) is 4.52. The van der Waals surface area contributed by atoms with E-state index in [0.29, 0.717) is 5.41 Å². The topological polar surface area (TPSA) is 12.0 Å². The summed E-state index contributed by atoms with van der Waals surface area (Å²) in [5.41, 5.74) is 0.577. The molecule has 2 atom stereocenters.